The van der Waals surface area contributed by atoms with E-state index in [1.807, 2.05) is 0 Å². The third kappa shape index (κ3) is 5.46. The molecule has 3 N–H and O–H groups in total. The van der Waals surface area contributed by atoms with Crippen molar-refractivity contribution in [3.63, 3.8) is 0 Å². The monoisotopic (exact) mass is 382 g/mol. The molecule has 10 heteroatoms. The van der Waals surface area contributed by atoms with E-state index >= 15 is 0 Å². The van der Waals surface area contributed by atoms with Gasteiger partial charge in [0.25, 0.3) is 10.1 Å². The predicted molar refractivity (Wildman–Crippen MR) is 88.0 cm³/mol. The number of benzene rings is 2. The first kappa shape index (κ1) is 19.2. The average molecular weight is 382 g/mol. The lowest BCUT2D eigenvalue weighted by Crippen LogP contribution is -2.11. The zero-order chi connectivity index (χ0) is 19.3. The SMILES string of the molecule is O=C(O)COc1cc(OCC(=O)O)cc(-c2ccc(S(=O)(=O)O)cc2)c1. The van der Waals surface area contributed by atoms with Crippen molar-refractivity contribution in [2.75, 3.05) is 13.2 Å². The van der Waals surface area contributed by atoms with Crippen molar-refractivity contribution in [3.05, 3.63) is 42.5 Å². The van der Waals surface area contributed by atoms with E-state index in [4.69, 9.17) is 24.2 Å². The number of carboxylic acids is 2. The first-order valence-electron chi connectivity index (χ1n) is 7.07. The molecule has 0 bridgehead atoms. The molecule has 0 radical (unpaired) electrons. The van der Waals surface area contributed by atoms with Gasteiger partial charge in [-0.1, -0.05) is 12.1 Å². The van der Waals surface area contributed by atoms with Crippen molar-refractivity contribution in [1.29, 1.82) is 0 Å². The number of rotatable bonds is 8. The minimum absolute atomic E-state index is 0.129. The molecule has 138 valence electrons. The van der Waals surface area contributed by atoms with E-state index in [2.05, 4.69) is 0 Å². The summed E-state index contributed by atoms with van der Waals surface area (Å²) in [7, 11) is -4.33. The van der Waals surface area contributed by atoms with Crippen molar-refractivity contribution in [1.82, 2.24) is 0 Å². The Morgan fingerprint density at radius 3 is 1.65 bits per heavy atom. The Labute approximate surface area is 148 Å². The van der Waals surface area contributed by atoms with Crippen LogP contribution in [-0.2, 0) is 19.7 Å². The van der Waals surface area contributed by atoms with Gasteiger partial charge in [0.05, 0.1) is 4.90 Å². The smallest absolute Gasteiger partial charge is 0.341 e. The Morgan fingerprint density at radius 2 is 1.27 bits per heavy atom. The van der Waals surface area contributed by atoms with Gasteiger partial charge in [0.15, 0.2) is 13.2 Å². The van der Waals surface area contributed by atoms with Gasteiger partial charge in [-0.05, 0) is 35.4 Å². The summed E-state index contributed by atoms with van der Waals surface area (Å²) < 4.78 is 41.4. The first-order chi connectivity index (χ1) is 12.1. The van der Waals surface area contributed by atoms with Gasteiger partial charge in [-0.2, -0.15) is 8.42 Å². The lowest BCUT2D eigenvalue weighted by molar-refractivity contribution is -0.140. The van der Waals surface area contributed by atoms with Crippen molar-refractivity contribution in [3.8, 4) is 22.6 Å². The average Bonchev–Trinajstić information content (AvgIpc) is 2.57. The highest BCUT2D eigenvalue weighted by molar-refractivity contribution is 7.85. The van der Waals surface area contributed by atoms with Gasteiger partial charge in [0, 0.05) is 6.07 Å². The highest BCUT2D eigenvalue weighted by Crippen LogP contribution is 2.30. The van der Waals surface area contributed by atoms with E-state index in [9.17, 15) is 18.0 Å². The van der Waals surface area contributed by atoms with Crippen molar-refractivity contribution < 1.29 is 42.2 Å². The molecule has 0 heterocycles. The van der Waals surface area contributed by atoms with Crippen LogP contribution in [-0.4, -0.2) is 48.3 Å². The Hall–Kier alpha value is -3.11. The zero-order valence-electron chi connectivity index (χ0n) is 13.2. The topological polar surface area (TPSA) is 147 Å². The number of hydrogen-bond donors (Lipinski definition) is 3. The summed E-state index contributed by atoms with van der Waals surface area (Å²) in [4.78, 5) is 21.0. The van der Waals surface area contributed by atoms with Crippen LogP contribution in [0.5, 0.6) is 11.5 Å². The molecule has 9 nitrogen and oxygen atoms in total. The summed E-state index contributed by atoms with van der Waals surface area (Å²) in [5.41, 5.74) is 0.980. The van der Waals surface area contributed by atoms with Gasteiger partial charge in [-0.15, -0.1) is 0 Å². The van der Waals surface area contributed by atoms with Gasteiger partial charge in [0.2, 0.25) is 0 Å². The lowest BCUT2D eigenvalue weighted by Gasteiger charge is -2.11. The highest BCUT2D eigenvalue weighted by Gasteiger charge is 2.11. The Bertz CT molecular complexity index is 881. The fraction of sp³-hybridized carbons (Fsp3) is 0.125. The van der Waals surface area contributed by atoms with E-state index in [0.29, 0.717) is 11.1 Å². The van der Waals surface area contributed by atoms with Crippen LogP contribution in [0.15, 0.2) is 47.4 Å². The lowest BCUT2D eigenvalue weighted by atomic mass is 10.1. The van der Waals surface area contributed by atoms with Crippen LogP contribution in [0.3, 0.4) is 0 Å². The molecule has 0 spiro atoms. The molecule has 0 saturated heterocycles. The summed E-state index contributed by atoms with van der Waals surface area (Å²) >= 11 is 0. The third-order valence-corrected chi connectivity index (χ3v) is 3.96. The van der Waals surface area contributed by atoms with E-state index in [1.165, 1.54) is 42.5 Å². The number of carboxylic acid groups (broad SMARTS) is 2. The summed E-state index contributed by atoms with van der Waals surface area (Å²) in [5.74, 6) is -2.13. The number of aliphatic carboxylic acids is 2. The molecule has 0 saturated carbocycles. The Morgan fingerprint density at radius 1 is 0.808 bits per heavy atom. The second-order valence-corrected chi connectivity index (χ2v) is 6.48. The minimum Gasteiger partial charge on any atom is -0.482 e. The molecule has 0 aromatic heterocycles. The predicted octanol–water partition coefficient (Wildman–Crippen LogP) is 1.53. The molecule has 0 unspecified atom stereocenters. The van der Waals surface area contributed by atoms with Gasteiger partial charge in [-0.25, -0.2) is 9.59 Å². The van der Waals surface area contributed by atoms with E-state index < -0.39 is 35.3 Å². The van der Waals surface area contributed by atoms with E-state index in [-0.39, 0.29) is 16.4 Å². The molecule has 0 aliphatic heterocycles. The molecule has 0 aliphatic carbocycles. The second kappa shape index (κ2) is 7.85. The molecule has 2 rings (SSSR count). The molecule has 0 atom stereocenters. The molecule has 2 aromatic carbocycles. The van der Waals surface area contributed by atoms with Crippen molar-refractivity contribution >= 4 is 22.1 Å². The van der Waals surface area contributed by atoms with Crippen LogP contribution < -0.4 is 9.47 Å². The minimum atomic E-state index is -4.33. The highest BCUT2D eigenvalue weighted by atomic mass is 32.2. The van der Waals surface area contributed by atoms with Crippen molar-refractivity contribution in [2.24, 2.45) is 0 Å². The van der Waals surface area contributed by atoms with Gasteiger partial charge in [-0.3, -0.25) is 4.55 Å². The fourth-order valence-electron chi connectivity index (χ4n) is 2.01. The zero-order valence-corrected chi connectivity index (χ0v) is 14.0. The number of ether oxygens (including phenoxy) is 2. The third-order valence-electron chi connectivity index (χ3n) is 3.09. The molecule has 26 heavy (non-hydrogen) atoms. The second-order valence-electron chi connectivity index (χ2n) is 5.06. The summed E-state index contributed by atoms with van der Waals surface area (Å²) in [5, 5.41) is 17.4. The Balaban J connectivity index is 2.38. The standard InChI is InChI=1S/C16H14O9S/c17-15(18)8-24-12-5-11(6-13(7-12)25-9-16(19)20)10-1-3-14(4-2-10)26(21,22)23/h1-7H,8-9H2,(H,17,18)(H,19,20)(H,21,22,23). The van der Waals surface area contributed by atoms with Crippen LogP contribution in [0.4, 0.5) is 0 Å². The van der Waals surface area contributed by atoms with Crippen LogP contribution in [0, 0.1) is 0 Å². The molecule has 2 aromatic rings. The largest absolute Gasteiger partial charge is 0.482 e. The van der Waals surface area contributed by atoms with Gasteiger partial charge < -0.3 is 19.7 Å². The van der Waals surface area contributed by atoms with E-state index in [1.54, 1.807) is 0 Å². The quantitative estimate of drug-likeness (QED) is 0.578. The maximum atomic E-state index is 11.1. The molecule has 0 fully saturated rings. The number of hydrogen-bond acceptors (Lipinski definition) is 6. The van der Waals surface area contributed by atoms with Crippen LogP contribution in [0.2, 0.25) is 0 Å². The van der Waals surface area contributed by atoms with Crippen LogP contribution in [0.25, 0.3) is 11.1 Å². The van der Waals surface area contributed by atoms with Crippen LogP contribution in [0.1, 0.15) is 0 Å². The van der Waals surface area contributed by atoms with Gasteiger partial charge >= 0.3 is 11.9 Å². The normalized spacial score (nSPS) is 11.0. The molecular formula is C16H14O9S. The fourth-order valence-corrected chi connectivity index (χ4v) is 2.49. The maximum absolute atomic E-state index is 11.1. The molecule has 0 aliphatic rings. The van der Waals surface area contributed by atoms with E-state index in [0.717, 1.165) is 0 Å². The van der Waals surface area contributed by atoms with Crippen molar-refractivity contribution in [2.45, 2.75) is 4.90 Å². The summed E-state index contributed by atoms with van der Waals surface area (Å²) in [6, 6.07) is 9.52. The Kier molecular flexibility index (Phi) is 5.80. The van der Waals surface area contributed by atoms with Crippen LogP contribution >= 0.6 is 0 Å². The summed E-state index contributed by atoms with van der Waals surface area (Å²) in [6.07, 6.45) is 0. The van der Waals surface area contributed by atoms with Gasteiger partial charge in [0.1, 0.15) is 11.5 Å². The summed E-state index contributed by atoms with van der Waals surface area (Å²) in [6.45, 7) is -1.22. The first-order valence-corrected chi connectivity index (χ1v) is 8.51. The number of carbonyl (C=O) groups is 2. The molecular weight excluding hydrogens is 368 g/mol. The maximum Gasteiger partial charge on any atom is 0.341 e. The molecule has 0 amide bonds.